The number of nitrogen functional groups attached to an aromatic ring is 1. The van der Waals surface area contributed by atoms with Crippen LogP contribution in [0.25, 0.3) is 0 Å². The summed E-state index contributed by atoms with van der Waals surface area (Å²) in [6, 6.07) is 7.80. The van der Waals surface area contributed by atoms with Gasteiger partial charge >= 0.3 is 5.97 Å². The average molecular weight is 358 g/mol. The Morgan fingerprint density at radius 2 is 1.89 bits per heavy atom. The van der Waals surface area contributed by atoms with Crippen molar-refractivity contribution in [3.63, 3.8) is 0 Å². The molecule has 6 heteroatoms. The van der Waals surface area contributed by atoms with Gasteiger partial charge in [-0.1, -0.05) is 11.8 Å². The van der Waals surface area contributed by atoms with Crippen LogP contribution in [0.3, 0.4) is 0 Å². The van der Waals surface area contributed by atoms with Crippen LogP contribution in [-0.2, 0) is 0 Å². The van der Waals surface area contributed by atoms with Gasteiger partial charge in [-0.05, 0) is 34.7 Å². The van der Waals surface area contributed by atoms with Gasteiger partial charge in [0.25, 0.3) is 0 Å². The highest BCUT2D eigenvalue weighted by Gasteiger charge is 2.02. The average Bonchev–Trinajstić information content (AvgIpc) is 2.34. The lowest BCUT2D eigenvalue weighted by Gasteiger charge is -2.08. The molecule has 0 aliphatic carbocycles. The lowest BCUT2D eigenvalue weighted by Crippen LogP contribution is -2.03. The van der Waals surface area contributed by atoms with Gasteiger partial charge in [0.2, 0.25) is 0 Å². The number of hydrogen-bond donors (Lipinski definition) is 2. The van der Waals surface area contributed by atoms with Crippen molar-refractivity contribution in [2.45, 2.75) is 0 Å². The lowest BCUT2D eigenvalue weighted by molar-refractivity contribution is -0.377. The number of carboxylic acids is 1. The van der Waals surface area contributed by atoms with Crippen molar-refractivity contribution in [1.82, 2.24) is 0 Å². The van der Waals surface area contributed by atoms with E-state index in [1.54, 1.807) is 30.6 Å². The fourth-order valence-corrected chi connectivity index (χ4v) is 1.56. The molecule has 0 aliphatic rings. The summed E-state index contributed by atoms with van der Waals surface area (Å²) < 4.78 is 0.750. The molecule has 0 saturated carbocycles. The Bertz CT molecular complexity index is 532. The van der Waals surface area contributed by atoms with Crippen LogP contribution in [0, 0.1) is 3.57 Å². The third-order valence-corrected chi connectivity index (χ3v) is 2.59. The van der Waals surface area contributed by atoms with E-state index >= 15 is 0 Å². The summed E-state index contributed by atoms with van der Waals surface area (Å²) in [4.78, 5) is 13.2. The van der Waals surface area contributed by atoms with Gasteiger partial charge in [-0.2, -0.15) is 0 Å². The molecule has 1 aromatic carbocycles. The minimum Gasteiger partial charge on any atom is -0.872 e. The number of benzene rings is 1. The number of aromatic nitrogens is 1. The molecule has 0 radical (unpaired) electrons. The van der Waals surface area contributed by atoms with Crippen LogP contribution in [-0.4, -0.2) is 11.1 Å². The second kappa shape index (κ2) is 6.80. The minimum absolute atomic E-state index is 0.170. The molecule has 2 aromatic rings. The van der Waals surface area contributed by atoms with Gasteiger partial charge in [0.15, 0.2) is 12.4 Å². The summed E-state index contributed by atoms with van der Waals surface area (Å²) in [5.41, 5.74) is 5.96. The molecule has 0 amide bonds. The van der Waals surface area contributed by atoms with E-state index in [1.807, 2.05) is 22.6 Å². The van der Waals surface area contributed by atoms with E-state index in [9.17, 15) is 9.90 Å². The normalized spacial score (nSPS) is 9.17. The van der Waals surface area contributed by atoms with Crippen LogP contribution < -0.4 is 15.8 Å². The summed E-state index contributed by atoms with van der Waals surface area (Å²) in [6.45, 7) is 0. The Hall–Kier alpha value is -1.83. The van der Waals surface area contributed by atoms with Crippen LogP contribution in [0.1, 0.15) is 10.4 Å². The number of carboxylic acid groups (broad SMARTS) is 1. The van der Waals surface area contributed by atoms with Gasteiger partial charge in [-0.15, -0.1) is 0 Å². The zero-order chi connectivity index (χ0) is 13.5. The predicted octanol–water partition coefficient (Wildman–Crippen LogP) is 1.15. The third-order valence-electron chi connectivity index (χ3n) is 1.92. The quantitative estimate of drug-likeness (QED) is 0.747. The molecule has 0 atom stereocenters. The number of pyridine rings is 1. The van der Waals surface area contributed by atoms with E-state index in [2.05, 4.69) is 4.98 Å². The SMILES string of the molecule is Nc1cc[nH+]cc1.O=C(O)c1cc(I)ccc1[O-]. The Balaban J connectivity index is 0.000000199. The third kappa shape index (κ3) is 4.58. The Labute approximate surface area is 117 Å². The molecule has 18 heavy (non-hydrogen) atoms. The minimum atomic E-state index is -1.17. The molecule has 94 valence electrons. The van der Waals surface area contributed by atoms with Gasteiger partial charge in [0.1, 0.15) is 0 Å². The van der Waals surface area contributed by atoms with Crippen LogP contribution in [0.5, 0.6) is 5.75 Å². The molecule has 5 nitrogen and oxygen atoms in total. The van der Waals surface area contributed by atoms with E-state index in [-0.39, 0.29) is 5.56 Å². The second-order valence-electron chi connectivity index (χ2n) is 3.28. The van der Waals surface area contributed by atoms with E-state index in [0.29, 0.717) is 0 Å². The summed E-state index contributed by atoms with van der Waals surface area (Å²) in [5, 5.41) is 19.3. The van der Waals surface area contributed by atoms with Crippen LogP contribution in [0.15, 0.2) is 42.7 Å². The van der Waals surface area contributed by atoms with Gasteiger partial charge in [0, 0.05) is 21.4 Å². The Kier molecular flexibility index (Phi) is 5.37. The fraction of sp³-hybridized carbons (Fsp3) is 0. The molecule has 0 aliphatic heterocycles. The zero-order valence-electron chi connectivity index (χ0n) is 9.26. The van der Waals surface area contributed by atoms with Crippen LogP contribution in [0.2, 0.25) is 0 Å². The molecule has 2 rings (SSSR count). The highest BCUT2D eigenvalue weighted by atomic mass is 127. The Morgan fingerprint density at radius 1 is 1.28 bits per heavy atom. The van der Waals surface area contributed by atoms with Crippen LogP contribution >= 0.6 is 22.6 Å². The molecular formula is C12H11IN2O3. The van der Waals surface area contributed by atoms with Gasteiger partial charge in [-0.3, -0.25) is 0 Å². The number of carbonyl (C=O) groups is 1. The van der Waals surface area contributed by atoms with Crippen molar-refractivity contribution < 1.29 is 20.0 Å². The number of aromatic carboxylic acids is 1. The summed E-state index contributed by atoms with van der Waals surface area (Å²) >= 11 is 1.95. The summed E-state index contributed by atoms with van der Waals surface area (Å²) in [5.74, 6) is -1.62. The van der Waals surface area contributed by atoms with Gasteiger partial charge in [-0.25, -0.2) is 9.78 Å². The topological polar surface area (TPSA) is 101 Å². The van der Waals surface area contributed by atoms with Gasteiger partial charge < -0.3 is 15.9 Å². The first-order chi connectivity index (χ1) is 8.50. The molecule has 0 saturated heterocycles. The van der Waals surface area contributed by atoms with Crippen molar-refractivity contribution in [2.75, 3.05) is 5.73 Å². The molecule has 1 aromatic heterocycles. The first-order valence-electron chi connectivity index (χ1n) is 4.92. The maximum Gasteiger partial charge on any atom is 0.335 e. The zero-order valence-corrected chi connectivity index (χ0v) is 11.4. The number of halogens is 1. The number of anilines is 1. The van der Waals surface area contributed by atoms with E-state index in [4.69, 9.17) is 10.8 Å². The number of aromatic amines is 1. The van der Waals surface area contributed by atoms with Gasteiger partial charge in [0.05, 0.1) is 5.56 Å². The standard InChI is InChI=1S/C7H5IO3.C5H6N2/c8-4-1-2-6(9)5(3-4)7(10)11;6-5-1-3-7-4-2-5/h1-3,9H,(H,10,11);1-4H,(H2,6,7). The Morgan fingerprint density at radius 3 is 2.28 bits per heavy atom. The van der Waals surface area contributed by atoms with E-state index in [1.165, 1.54) is 12.1 Å². The molecule has 0 unspecified atom stereocenters. The summed E-state index contributed by atoms with van der Waals surface area (Å²) in [6.07, 6.45) is 3.57. The number of hydrogen-bond acceptors (Lipinski definition) is 3. The lowest BCUT2D eigenvalue weighted by atomic mass is 10.2. The fourth-order valence-electron chi connectivity index (χ4n) is 1.07. The smallest absolute Gasteiger partial charge is 0.335 e. The summed E-state index contributed by atoms with van der Waals surface area (Å²) in [7, 11) is 0. The molecule has 4 N–H and O–H groups in total. The first kappa shape index (κ1) is 14.2. The number of rotatable bonds is 1. The van der Waals surface area contributed by atoms with Crippen molar-refractivity contribution in [3.8, 4) is 5.75 Å². The maximum absolute atomic E-state index is 10.8. The van der Waals surface area contributed by atoms with Crippen LogP contribution in [0.4, 0.5) is 5.69 Å². The number of H-pyrrole nitrogens is 1. The second-order valence-corrected chi connectivity index (χ2v) is 4.52. The number of nitrogens with one attached hydrogen (secondary N) is 1. The first-order valence-corrected chi connectivity index (χ1v) is 6.00. The van der Waals surface area contributed by atoms with Crippen molar-refractivity contribution >= 4 is 34.2 Å². The molecule has 1 heterocycles. The molecule has 0 spiro atoms. The van der Waals surface area contributed by atoms with E-state index in [0.717, 1.165) is 9.26 Å². The maximum atomic E-state index is 10.8. The highest BCUT2D eigenvalue weighted by Crippen LogP contribution is 2.16. The predicted molar refractivity (Wildman–Crippen MR) is 73.0 cm³/mol. The van der Waals surface area contributed by atoms with Crippen molar-refractivity contribution in [2.24, 2.45) is 0 Å². The van der Waals surface area contributed by atoms with Crippen molar-refractivity contribution in [1.29, 1.82) is 0 Å². The van der Waals surface area contributed by atoms with E-state index < -0.39 is 11.7 Å². The number of nitrogens with two attached hydrogens (primary N) is 1. The monoisotopic (exact) mass is 358 g/mol. The molecule has 0 fully saturated rings. The molecular weight excluding hydrogens is 347 g/mol. The highest BCUT2D eigenvalue weighted by molar-refractivity contribution is 14.1. The van der Waals surface area contributed by atoms with Crippen molar-refractivity contribution in [3.05, 3.63) is 51.9 Å². The molecule has 0 bridgehead atoms. The largest absolute Gasteiger partial charge is 0.872 e.